The molecule has 2 N–H and O–H groups in total. The number of carbonyl (C=O) groups excluding carboxylic acids is 1. The van der Waals surface area contributed by atoms with Crippen LogP contribution in [0.25, 0.3) is 0 Å². The first-order chi connectivity index (χ1) is 12.3. The molecule has 3 rings (SSSR count). The zero-order valence-corrected chi connectivity index (χ0v) is 13.8. The molecular weight excluding hydrogens is 365 g/mol. The summed E-state index contributed by atoms with van der Waals surface area (Å²) in [7, 11) is 0. The second kappa shape index (κ2) is 6.67. The minimum atomic E-state index is -4.88. The largest absolute Gasteiger partial charge is 0.427 e. The molecule has 0 spiro atoms. The predicted molar refractivity (Wildman–Crippen MR) is 92.4 cm³/mol. The first-order valence-corrected chi connectivity index (χ1v) is 7.74. The van der Waals surface area contributed by atoms with Crippen molar-refractivity contribution in [2.75, 3.05) is 5.32 Å². The normalized spacial score (nSPS) is 18.2. The highest BCUT2D eigenvalue weighted by molar-refractivity contribution is 6.30. The zero-order chi connectivity index (χ0) is 18.8. The summed E-state index contributed by atoms with van der Waals surface area (Å²) >= 11 is 5.85. The van der Waals surface area contributed by atoms with Crippen molar-refractivity contribution in [1.29, 1.82) is 0 Å². The molecule has 2 aromatic carbocycles. The number of anilines is 1. The van der Waals surface area contributed by atoms with E-state index < -0.39 is 17.7 Å². The van der Waals surface area contributed by atoms with Crippen molar-refractivity contribution < 1.29 is 18.0 Å². The molecule has 0 saturated carbocycles. The molecule has 0 aromatic heterocycles. The third-order valence-electron chi connectivity index (χ3n) is 3.65. The third kappa shape index (κ3) is 3.33. The van der Waals surface area contributed by atoms with Crippen LogP contribution in [0, 0.1) is 23.7 Å². The highest BCUT2D eigenvalue weighted by Crippen LogP contribution is 2.44. The van der Waals surface area contributed by atoms with Gasteiger partial charge < -0.3 is 10.6 Å². The number of urea groups is 1. The van der Waals surface area contributed by atoms with Crippen molar-refractivity contribution in [2.24, 2.45) is 0 Å². The lowest BCUT2D eigenvalue weighted by Gasteiger charge is -2.37. The van der Waals surface area contributed by atoms with Crippen molar-refractivity contribution in [2.45, 2.75) is 11.7 Å². The summed E-state index contributed by atoms with van der Waals surface area (Å²) in [5, 5.41) is 4.28. The Kier molecular flexibility index (Phi) is 4.54. The van der Waals surface area contributed by atoms with E-state index in [-0.39, 0.29) is 16.3 Å². The van der Waals surface area contributed by atoms with Gasteiger partial charge in [0.05, 0.1) is 0 Å². The summed E-state index contributed by atoms with van der Waals surface area (Å²) in [5.74, 6) is 9.34. The van der Waals surface area contributed by atoms with Crippen LogP contribution in [0.2, 0.25) is 5.02 Å². The van der Waals surface area contributed by atoms with Crippen LogP contribution in [0.15, 0.2) is 48.5 Å². The third-order valence-corrected chi connectivity index (χ3v) is 3.89. The minimum Gasteiger partial charge on any atom is -0.310 e. The van der Waals surface area contributed by atoms with Crippen LogP contribution in [-0.4, -0.2) is 12.2 Å². The molecule has 0 unspecified atom stereocenters. The molecule has 1 aliphatic rings. The molecule has 1 heterocycles. The Morgan fingerprint density at radius 3 is 2.46 bits per heavy atom. The Morgan fingerprint density at radius 1 is 1.04 bits per heavy atom. The van der Waals surface area contributed by atoms with Crippen LogP contribution in [0.3, 0.4) is 0 Å². The van der Waals surface area contributed by atoms with E-state index in [4.69, 9.17) is 11.6 Å². The maximum atomic E-state index is 13.9. The van der Waals surface area contributed by atoms with Gasteiger partial charge in [-0.15, -0.1) is 0 Å². The number of halogens is 4. The molecule has 0 bridgehead atoms. The molecule has 1 atom stereocenters. The van der Waals surface area contributed by atoms with Crippen LogP contribution in [0.1, 0.15) is 11.1 Å². The molecule has 2 amide bonds. The van der Waals surface area contributed by atoms with E-state index >= 15 is 0 Å². The lowest BCUT2D eigenvalue weighted by atomic mass is 9.86. The highest BCUT2D eigenvalue weighted by atomic mass is 35.5. The summed E-state index contributed by atoms with van der Waals surface area (Å²) in [6.45, 7) is 0. The van der Waals surface area contributed by atoms with Gasteiger partial charge in [-0.2, -0.15) is 13.2 Å². The van der Waals surface area contributed by atoms with Crippen LogP contribution in [0.4, 0.5) is 23.7 Å². The van der Waals surface area contributed by atoms with Gasteiger partial charge in [0.2, 0.25) is 5.54 Å². The van der Waals surface area contributed by atoms with E-state index in [1.807, 2.05) is 5.32 Å². The lowest BCUT2D eigenvalue weighted by molar-refractivity contribution is -0.178. The maximum absolute atomic E-state index is 13.9. The van der Waals surface area contributed by atoms with Gasteiger partial charge in [-0.05, 0) is 48.1 Å². The van der Waals surface area contributed by atoms with E-state index in [1.165, 1.54) is 12.1 Å². The van der Waals surface area contributed by atoms with E-state index in [0.29, 0.717) is 5.56 Å². The zero-order valence-electron chi connectivity index (χ0n) is 13.0. The highest BCUT2D eigenvalue weighted by Gasteiger charge is 2.59. The van der Waals surface area contributed by atoms with Gasteiger partial charge in [0.25, 0.3) is 0 Å². The van der Waals surface area contributed by atoms with E-state index in [2.05, 4.69) is 29.0 Å². The Balaban J connectivity index is 2.11. The molecule has 130 valence electrons. The Hall–Kier alpha value is -3.09. The second-order valence-corrected chi connectivity index (χ2v) is 5.82. The number of hydrogen-bond acceptors (Lipinski definition) is 1. The SMILES string of the molecule is O=C1Nc2ccc(Cl)cc2[C@@](C#CC#Cc2ccccc2)(C(F)(F)F)N1. The smallest absolute Gasteiger partial charge is 0.310 e. The fourth-order valence-electron chi connectivity index (χ4n) is 2.47. The summed E-state index contributed by atoms with van der Waals surface area (Å²) in [5.41, 5.74) is -2.59. The summed E-state index contributed by atoms with van der Waals surface area (Å²) in [6, 6.07) is 11.5. The average molecular weight is 375 g/mol. The van der Waals surface area contributed by atoms with Gasteiger partial charge in [-0.1, -0.05) is 35.7 Å². The number of benzene rings is 2. The number of hydrogen-bond donors (Lipinski definition) is 2. The number of amides is 2. The molecule has 0 saturated heterocycles. The van der Waals surface area contributed by atoms with E-state index in [1.54, 1.807) is 30.3 Å². The van der Waals surface area contributed by atoms with Crippen molar-refractivity contribution in [3.05, 3.63) is 64.7 Å². The monoisotopic (exact) mass is 374 g/mol. The quantitative estimate of drug-likeness (QED) is 0.664. The Bertz CT molecular complexity index is 981. The second-order valence-electron chi connectivity index (χ2n) is 5.38. The van der Waals surface area contributed by atoms with E-state index in [9.17, 15) is 18.0 Å². The number of nitrogens with one attached hydrogen (secondary N) is 2. The van der Waals surface area contributed by atoms with Crippen LogP contribution in [-0.2, 0) is 5.54 Å². The van der Waals surface area contributed by atoms with Crippen molar-refractivity contribution >= 4 is 23.3 Å². The minimum absolute atomic E-state index is 0.0132. The molecule has 0 radical (unpaired) electrons. The van der Waals surface area contributed by atoms with Crippen molar-refractivity contribution in [3.8, 4) is 23.7 Å². The van der Waals surface area contributed by atoms with Gasteiger partial charge in [0, 0.05) is 21.8 Å². The van der Waals surface area contributed by atoms with Crippen LogP contribution < -0.4 is 10.6 Å². The van der Waals surface area contributed by atoms with E-state index in [0.717, 1.165) is 6.07 Å². The standard InChI is InChI=1S/C19H10ClF3N2O/c20-14-9-10-16-15(12-14)18(19(21,22)23,25-17(26)24-16)11-5-4-8-13-6-2-1-3-7-13/h1-3,6-7,9-10,12H,(H2,24,25,26)/t18-/m0/s1. The van der Waals surface area contributed by atoms with Gasteiger partial charge in [0.1, 0.15) is 0 Å². The molecule has 0 aliphatic carbocycles. The van der Waals surface area contributed by atoms with Crippen LogP contribution in [0.5, 0.6) is 0 Å². The van der Waals surface area contributed by atoms with Gasteiger partial charge in [-0.25, -0.2) is 4.79 Å². The maximum Gasteiger partial charge on any atom is 0.427 e. The first kappa shape index (κ1) is 17.7. The Labute approximate surface area is 152 Å². The number of rotatable bonds is 0. The summed E-state index contributed by atoms with van der Waals surface area (Å²) in [6.07, 6.45) is -4.88. The van der Waals surface area contributed by atoms with Crippen LogP contribution >= 0.6 is 11.6 Å². The molecule has 2 aromatic rings. The fourth-order valence-corrected chi connectivity index (χ4v) is 2.64. The average Bonchev–Trinajstić information content (AvgIpc) is 2.59. The summed E-state index contributed by atoms with van der Waals surface area (Å²) < 4.78 is 41.7. The number of carbonyl (C=O) groups is 1. The topological polar surface area (TPSA) is 41.1 Å². The predicted octanol–water partition coefficient (Wildman–Crippen LogP) is 4.29. The molecular formula is C19H10ClF3N2O. The summed E-state index contributed by atoms with van der Waals surface area (Å²) in [4.78, 5) is 11.8. The first-order valence-electron chi connectivity index (χ1n) is 7.36. The lowest BCUT2D eigenvalue weighted by Crippen LogP contribution is -2.59. The molecule has 26 heavy (non-hydrogen) atoms. The molecule has 0 fully saturated rings. The molecule has 3 nitrogen and oxygen atoms in total. The van der Waals surface area contributed by atoms with Crippen molar-refractivity contribution in [1.82, 2.24) is 5.32 Å². The molecule has 7 heteroatoms. The van der Waals surface area contributed by atoms with Gasteiger partial charge >= 0.3 is 12.2 Å². The van der Waals surface area contributed by atoms with Gasteiger partial charge in [-0.3, -0.25) is 0 Å². The van der Waals surface area contributed by atoms with Crippen molar-refractivity contribution in [3.63, 3.8) is 0 Å². The molecule has 1 aliphatic heterocycles. The fraction of sp³-hybridized carbons (Fsp3) is 0.105. The number of alkyl halides is 3. The number of fused-ring (bicyclic) bond motifs is 1. The van der Waals surface area contributed by atoms with Gasteiger partial charge in [0.15, 0.2) is 0 Å². The Morgan fingerprint density at radius 2 is 1.77 bits per heavy atom.